The van der Waals surface area contributed by atoms with Gasteiger partial charge in [0.25, 0.3) is 11.7 Å². The molecule has 13 nitrogen and oxygen atoms in total. The molecule has 1 amide bonds. The number of aliphatic hydroxyl groups is 3. The number of aliphatic hydroxyl groups excluding tert-OH is 2. The third-order valence-electron chi connectivity index (χ3n) is 13.8. The van der Waals surface area contributed by atoms with E-state index in [2.05, 4.69) is 19.1 Å². The molecule has 1 aromatic rings. The number of nitrogens with zero attached hydrogens (tertiary/aromatic N) is 1. The van der Waals surface area contributed by atoms with Crippen molar-refractivity contribution >= 4 is 23.4 Å². The number of methoxy groups -OCH3 is 2. The van der Waals surface area contributed by atoms with Crippen LogP contribution in [-0.4, -0.2) is 113 Å². The summed E-state index contributed by atoms with van der Waals surface area (Å²) in [5, 5.41) is 32.7. The zero-order chi connectivity index (χ0) is 45.3. The molecule has 1 aliphatic carbocycles. The van der Waals surface area contributed by atoms with Crippen molar-refractivity contribution in [1.82, 2.24) is 4.90 Å². The Kier molecular flexibility index (Phi) is 17.9. The van der Waals surface area contributed by atoms with Crippen molar-refractivity contribution in [2.75, 3.05) is 20.8 Å². The molecule has 3 N–H and O–H groups in total. The van der Waals surface area contributed by atoms with Crippen LogP contribution in [0, 0.1) is 29.6 Å². The number of Topliss-reactive ketones (excluding diaryl/α,β-unsaturated/α-hetero) is 2. The summed E-state index contributed by atoms with van der Waals surface area (Å²) in [5.74, 6) is -5.90. The van der Waals surface area contributed by atoms with Gasteiger partial charge in [-0.05, 0) is 125 Å². The summed E-state index contributed by atoms with van der Waals surface area (Å²) >= 11 is 0. The van der Waals surface area contributed by atoms with Crippen LogP contribution in [0.1, 0.15) is 124 Å². The van der Waals surface area contributed by atoms with Crippen molar-refractivity contribution in [3.05, 3.63) is 53.1 Å². The Morgan fingerprint density at radius 3 is 2.27 bits per heavy atom. The number of ether oxygens (including phenoxy) is 5. The monoisotopic (exact) mass is 868 g/mol. The molecule has 1 saturated carbocycles. The van der Waals surface area contributed by atoms with E-state index in [1.807, 2.05) is 27.7 Å². The first-order chi connectivity index (χ1) is 29.5. The topological polar surface area (TPSA) is 178 Å². The maximum atomic E-state index is 14.4. The Bertz CT molecular complexity index is 1740. The fourth-order valence-corrected chi connectivity index (χ4v) is 10.1. The van der Waals surface area contributed by atoms with Gasteiger partial charge >= 0.3 is 5.97 Å². The van der Waals surface area contributed by atoms with Crippen LogP contribution < -0.4 is 4.74 Å². The molecule has 5 rings (SSSR count). The van der Waals surface area contributed by atoms with Crippen LogP contribution in [0.5, 0.6) is 5.75 Å². The maximum Gasteiger partial charge on any atom is 0.329 e. The SMILES string of the molecule is CCC1C=C(C)CC(C)CC(OC)C2OC(O)(C(=O)C(=O)N3CCCCC3C(=O)OC(C(C)=CC3CCC(Oc4ccc(CO)cc4)C(O)C3)C(C)CCC1=O)C(C)CC2OC. The largest absolute Gasteiger partial charge is 0.488 e. The van der Waals surface area contributed by atoms with E-state index in [-0.39, 0.29) is 61.9 Å². The third kappa shape index (κ3) is 12.0. The van der Waals surface area contributed by atoms with Gasteiger partial charge in [-0.1, -0.05) is 57.6 Å². The van der Waals surface area contributed by atoms with Crippen LogP contribution in [0.3, 0.4) is 0 Å². The molecule has 13 atom stereocenters. The molecule has 2 bridgehead atoms. The Labute approximate surface area is 368 Å². The van der Waals surface area contributed by atoms with E-state index in [9.17, 15) is 34.5 Å². The van der Waals surface area contributed by atoms with Gasteiger partial charge in [0.2, 0.25) is 5.79 Å². The number of esters is 1. The molecule has 3 heterocycles. The van der Waals surface area contributed by atoms with Gasteiger partial charge < -0.3 is 43.9 Å². The number of rotatable bonds is 8. The van der Waals surface area contributed by atoms with Crippen LogP contribution in [-0.2, 0) is 44.7 Å². The zero-order valence-electron chi connectivity index (χ0n) is 38.3. The van der Waals surface area contributed by atoms with Crippen molar-refractivity contribution in [1.29, 1.82) is 0 Å². The Hall–Kier alpha value is -3.46. The molecule has 0 spiro atoms. The number of ketones is 2. The van der Waals surface area contributed by atoms with Crippen molar-refractivity contribution in [2.24, 2.45) is 29.6 Å². The van der Waals surface area contributed by atoms with Gasteiger partial charge in [-0.15, -0.1) is 0 Å². The summed E-state index contributed by atoms with van der Waals surface area (Å²) in [4.78, 5) is 58.1. The Morgan fingerprint density at radius 1 is 0.935 bits per heavy atom. The fraction of sp³-hybridized carbons (Fsp3) is 0.714. The normalized spacial score (nSPS) is 36.5. The van der Waals surface area contributed by atoms with E-state index in [1.54, 1.807) is 45.4 Å². The van der Waals surface area contributed by atoms with Crippen LogP contribution in [0.4, 0.5) is 0 Å². The molecular weight excluding hydrogens is 795 g/mol. The molecule has 62 heavy (non-hydrogen) atoms. The molecule has 3 fully saturated rings. The van der Waals surface area contributed by atoms with E-state index in [0.717, 1.165) is 23.1 Å². The molecular formula is C49H73NO12. The standard InChI is InChI=1S/C49H73NO12/c1-9-36-23-29(2)22-30(3)24-42(58-7)45-43(59-8)26-33(6)49(57,62-45)46(54)47(55)50-21-11-10-12-38(50)48(56)61-44(31(4)13-19-39(36)52)32(5)25-35-16-20-41(40(53)27-35)60-37-17-14-34(28-51)15-18-37/h14-15,17-18,23,25,30-31,33,35-36,38,40-45,51,53,57H,9-13,16,19-22,24,26-28H2,1-8H3. The summed E-state index contributed by atoms with van der Waals surface area (Å²) in [5.41, 5.74) is 2.61. The number of allylic oxidation sites excluding steroid dienone is 3. The number of cyclic esters (lactones) is 1. The number of piperidine rings is 1. The highest BCUT2D eigenvalue weighted by Gasteiger charge is 2.56. The minimum Gasteiger partial charge on any atom is -0.488 e. The van der Waals surface area contributed by atoms with Crippen LogP contribution in [0.2, 0.25) is 0 Å². The van der Waals surface area contributed by atoms with Crippen molar-refractivity contribution in [3.63, 3.8) is 0 Å². The molecule has 4 aliphatic rings. The second-order valence-corrected chi connectivity index (χ2v) is 18.7. The maximum absolute atomic E-state index is 14.4. The summed E-state index contributed by atoms with van der Waals surface area (Å²) in [7, 11) is 3.09. The second-order valence-electron chi connectivity index (χ2n) is 18.7. The van der Waals surface area contributed by atoms with E-state index < -0.39 is 72.0 Å². The van der Waals surface area contributed by atoms with E-state index in [0.29, 0.717) is 57.1 Å². The lowest BCUT2D eigenvalue weighted by atomic mass is 9.82. The van der Waals surface area contributed by atoms with Gasteiger partial charge in [-0.2, -0.15) is 0 Å². The average Bonchev–Trinajstić information content (AvgIpc) is 3.26. The number of hydrogen-bond acceptors (Lipinski definition) is 12. The van der Waals surface area contributed by atoms with Gasteiger partial charge in [-0.3, -0.25) is 14.4 Å². The minimum atomic E-state index is -2.48. The first-order valence-electron chi connectivity index (χ1n) is 23.0. The number of amides is 1. The highest BCUT2D eigenvalue weighted by Crippen LogP contribution is 2.39. The van der Waals surface area contributed by atoms with Crippen molar-refractivity contribution < 1.29 is 58.2 Å². The number of carbonyl (C=O) groups excluding carboxylic acids is 4. The highest BCUT2D eigenvalue weighted by atomic mass is 16.7. The van der Waals surface area contributed by atoms with E-state index >= 15 is 0 Å². The average molecular weight is 868 g/mol. The minimum absolute atomic E-state index is 0.0397. The molecule has 1 aromatic carbocycles. The van der Waals surface area contributed by atoms with Gasteiger partial charge in [0.1, 0.15) is 35.9 Å². The van der Waals surface area contributed by atoms with Crippen LogP contribution >= 0.6 is 0 Å². The van der Waals surface area contributed by atoms with Gasteiger partial charge in [0.15, 0.2) is 0 Å². The molecule has 3 aliphatic heterocycles. The van der Waals surface area contributed by atoms with Crippen LogP contribution in [0.15, 0.2) is 47.6 Å². The fourth-order valence-electron chi connectivity index (χ4n) is 10.1. The van der Waals surface area contributed by atoms with Gasteiger partial charge in [0.05, 0.1) is 24.9 Å². The second kappa shape index (κ2) is 22.4. The number of fused-ring (bicyclic) bond motifs is 3. The number of hydrogen-bond donors (Lipinski definition) is 3. The molecule has 2 saturated heterocycles. The van der Waals surface area contributed by atoms with Crippen molar-refractivity contribution in [3.8, 4) is 5.75 Å². The van der Waals surface area contributed by atoms with Gasteiger partial charge in [-0.25, -0.2) is 4.79 Å². The number of carbonyl (C=O) groups is 4. The smallest absolute Gasteiger partial charge is 0.329 e. The quantitative estimate of drug-likeness (QED) is 0.149. The summed E-state index contributed by atoms with van der Waals surface area (Å²) in [6.07, 6.45) is 6.21. The zero-order valence-corrected chi connectivity index (χ0v) is 38.3. The van der Waals surface area contributed by atoms with Crippen molar-refractivity contribution in [2.45, 2.75) is 174 Å². The third-order valence-corrected chi connectivity index (χ3v) is 13.8. The van der Waals surface area contributed by atoms with Crippen LogP contribution in [0.25, 0.3) is 0 Å². The molecule has 0 aromatic heterocycles. The molecule has 0 radical (unpaired) electrons. The predicted molar refractivity (Wildman–Crippen MR) is 233 cm³/mol. The molecule has 13 heteroatoms. The van der Waals surface area contributed by atoms with Gasteiger partial charge in [0, 0.05) is 39.0 Å². The Balaban J connectivity index is 1.44. The lowest BCUT2D eigenvalue weighted by molar-refractivity contribution is -0.302. The predicted octanol–water partition coefficient (Wildman–Crippen LogP) is 6.43. The lowest BCUT2D eigenvalue weighted by Crippen LogP contribution is -2.64. The molecule has 13 unspecified atom stereocenters. The van der Waals surface area contributed by atoms with E-state index in [1.165, 1.54) is 4.90 Å². The first-order valence-corrected chi connectivity index (χ1v) is 23.0. The summed E-state index contributed by atoms with van der Waals surface area (Å²) in [6.45, 7) is 11.7. The van der Waals surface area contributed by atoms with E-state index in [4.69, 9.17) is 23.7 Å². The Morgan fingerprint density at radius 2 is 1.63 bits per heavy atom. The summed E-state index contributed by atoms with van der Waals surface area (Å²) < 4.78 is 30.6. The summed E-state index contributed by atoms with van der Waals surface area (Å²) in [6, 6.07) is 6.06. The highest BCUT2D eigenvalue weighted by molar-refractivity contribution is 6.39. The first kappa shape index (κ1) is 49.6. The number of benzene rings is 1. The molecule has 346 valence electrons. The lowest BCUT2D eigenvalue weighted by Gasteiger charge is -2.47.